The van der Waals surface area contributed by atoms with E-state index in [1.807, 2.05) is 0 Å². The lowest BCUT2D eigenvalue weighted by atomic mass is 9.93. The summed E-state index contributed by atoms with van der Waals surface area (Å²) in [5, 5.41) is 6.47. The Bertz CT molecular complexity index is 255. The molecule has 4 unspecified atom stereocenters. The van der Waals surface area contributed by atoms with Gasteiger partial charge >= 0.3 is 0 Å². The molecule has 2 N–H and O–H groups in total. The number of nitrogens with one attached hydrogen (secondary N) is 2. The van der Waals surface area contributed by atoms with Gasteiger partial charge in [-0.2, -0.15) is 0 Å². The third-order valence-electron chi connectivity index (χ3n) is 4.40. The van der Waals surface area contributed by atoms with E-state index in [2.05, 4.69) is 38.3 Å². The van der Waals surface area contributed by atoms with Gasteiger partial charge in [0.25, 0.3) is 0 Å². The zero-order chi connectivity index (χ0) is 13.5. The van der Waals surface area contributed by atoms with E-state index in [0.29, 0.717) is 24.5 Å². The monoisotopic (exact) mass is 254 g/mol. The highest BCUT2D eigenvalue weighted by Gasteiger charge is 2.31. The first-order valence-corrected chi connectivity index (χ1v) is 7.61. The molecule has 0 saturated heterocycles. The summed E-state index contributed by atoms with van der Waals surface area (Å²) in [5.74, 6) is 1.68. The summed E-state index contributed by atoms with van der Waals surface area (Å²) < 4.78 is 0. The second kappa shape index (κ2) is 7.78. The summed E-state index contributed by atoms with van der Waals surface area (Å²) in [7, 11) is 0. The molecule has 18 heavy (non-hydrogen) atoms. The van der Waals surface area contributed by atoms with Crippen molar-refractivity contribution in [1.82, 2.24) is 10.6 Å². The predicted molar refractivity (Wildman–Crippen MR) is 76.5 cm³/mol. The van der Waals surface area contributed by atoms with Crippen LogP contribution in [0, 0.1) is 11.8 Å². The molecule has 4 atom stereocenters. The Morgan fingerprint density at radius 3 is 2.61 bits per heavy atom. The Hall–Kier alpha value is -0.570. The maximum atomic E-state index is 11.8. The fourth-order valence-corrected chi connectivity index (χ4v) is 3.17. The Labute approximate surface area is 112 Å². The number of carbonyl (C=O) groups is 1. The highest BCUT2D eigenvalue weighted by atomic mass is 16.1. The second-order valence-corrected chi connectivity index (χ2v) is 5.85. The summed E-state index contributed by atoms with van der Waals surface area (Å²) in [6.07, 6.45) is 5.97. The predicted octanol–water partition coefficient (Wildman–Crippen LogP) is 2.71. The van der Waals surface area contributed by atoms with Gasteiger partial charge in [0.1, 0.15) is 0 Å². The number of hydrogen-bond donors (Lipinski definition) is 2. The van der Waals surface area contributed by atoms with Gasteiger partial charge in [0, 0.05) is 12.1 Å². The molecule has 0 aliphatic heterocycles. The minimum Gasteiger partial charge on any atom is -0.353 e. The molecule has 1 fully saturated rings. The minimum atomic E-state index is 0.142. The van der Waals surface area contributed by atoms with E-state index in [-0.39, 0.29) is 5.91 Å². The molecule has 0 aromatic heterocycles. The fraction of sp³-hybridized carbons (Fsp3) is 0.933. The summed E-state index contributed by atoms with van der Waals surface area (Å²) in [6.45, 7) is 9.28. The van der Waals surface area contributed by atoms with Crippen LogP contribution in [0.25, 0.3) is 0 Å². The molecule has 1 saturated carbocycles. The first-order chi connectivity index (χ1) is 8.58. The van der Waals surface area contributed by atoms with Crippen molar-refractivity contribution in [3.05, 3.63) is 0 Å². The average molecular weight is 254 g/mol. The van der Waals surface area contributed by atoms with Crippen LogP contribution in [0.3, 0.4) is 0 Å². The third-order valence-corrected chi connectivity index (χ3v) is 4.40. The van der Waals surface area contributed by atoms with Gasteiger partial charge in [-0.05, 0) is 38.0 Å². The Balaban J connectivity index is 2.22. The molecule has 0 bridgehead atoms. The third kappa shape index (κ3) is 4.60. The van der Waals surface area contributed by atoms with Crippen LogP contribution in [-0.2, 0) is 4.79 Å². The number of hydrogen-bond acceptors (Lipinski definition) is 2. The van der Waals surface area contributed by atoms with Gasteiger partial charge in [-0.25, -0.2) is 0 Å². The van der Waals surface area contributed by atoms with Gasteiger partial charge < -0.3 is 10.6 Å². The van der Waals surface area contributed by atoms with Crippen molar-refractivity contribution in [3.63, 3.8) is 0 Å². The first-order valence-electron chi connectivity index (χ1n) is 7.61. The van der Waals surface area contributed by atoms with E-state index in [9.17, 15) is 4.79 Å². The molecule has 1 amide bonds. The molecule has 0 spiro atoms. The summed E-state index contributed by atoms with van der Waals surface area (Å²) in [5.41, 5.74) is 0. The number of amides is 1. The van der Waals surface area contributed by atoms with Gasteiger partial charge in [-0.3, -0.25) is 4.79 Å². The molecule has 3 nitrogen and oxygen atoms in total. The van der Waals surface area contributed by atoms with Crippen LogP contribution < -0.4 is 10.6 Å². The maximum absolute atomic E-state index is 11.8. The van der Waals surface area contributed by atoms with Crippen LogP contribution in [-0.4, -0.2) is 24.5 Å². The number of rotatable bonds is 7. The second-order valence-electron chi connectivity index (χ2n) is 5.85. The topological polar surface area (TPSA) is 41.1 Å². The fourth-order valence-electron chi connectivity index (χ4n) is 3.17. The van der Waals surface area contributed by atoms with Crippen molar-refractivity contribution in [3.8, 4) is 0 Å². The van der Waals surface area contributed by atoms with Crippen molar-refractivity contribution >= 4 is 5.91 Å². The molecule has 0 heterocycles. The van der Waals surface area contributed by atoms with Crippen LogP contribution in [0.5, 0.6) is 0 Å². The van der Waals surface area contributed by atoms with Gasteiger partial charge in [0.05, 0.1) is 6.54 Å². The van der Waals surface area contributed by atoms with E-state index < -0.39 is 0 Å². The molecule has 0 radical (unpaired) electrons. The molecule has 1 aliphatic rings. The van der Waals surface area contributed by atoms with Gasteiger partial charge in [0.15, 0.2) is 0 Å². The van der Waals surface area contributed by atoms with Gasteiger partial charge in [-0.15, -0.1) is 0 Å². The quantitative estimate of drug-likeness (QED) is 0.733. The number of carbonyl (C=O) groups excluding carboxylic acids is 1. The lowest BCUT2D eigenvalue weighted by molar-refractivity contribution is -0.121. The van der Waals surface area contributed by atoms with Crippen LogP contribution in [0.4, 0.5) is 0 Å². The SMILES string of the molecule is CCCC(C)NC(=O)CNC1CCC(CC)C1C. The van der Waals surface area contributed by atoms with Crippen LogP contribution in [0.2, 0.25) is 0 Å². The molecular weight excluding hydrogens is 224 g/mol. The minimum absolute atomic E-state index is 0.142. The van der Waals surface area contributed by atoms with E-state index in [1.54, 1.807) is 0 Å². The van der Waals surface area contributed by atoms with Crippen LogP contribution in [0.15, 0.2) is 0 Å². The lowest BCUT2D eigenvalue weighted by Crippen LogP contribution is -2.43. The van der Waals surface area contributed by atoms with Crippen molar-refractivity contribution in [2.45, 2.75) is 71.9 Å². The van der Waals surface area contributed by atoms with Crippen molar-refractivity contribution < 1.29 is 4.79 Å². The molecule has 0 aromatic carbocycles. The zero-order valence-corrected chi connectivity index (χ0v) is 12.5. The largest absolute Gasteiger partial charge is 0.353 e. The zero-order valence-electron chi connectivity index (χ0n) is 12.5. The van der Waals surface area contributed by atoms with Crippen molar-refractivity contribution in [1.29, 1.82) is 0 Å². The van der Waals surface area contributed by atoms with E-state index >= 15 is 0 Å². The lowest BCUT2D eigenvalue weighted by Gasteiger charge is -2.21. The summed E-state index contributed by atoms with van der Waals surface area (Å²) in [4.78, 5) is 11.8. The Morgan fingerprint density at radius 2 is 2.06 bits per heavy atom. The highest BCUT2D eigenvalue weighted by molar-refractivity contribution is 5.78. The van der Waals surface area contributed by atoms with Crippen molar-refractivity contribution in [2.24, 2.45) is 11.8 Å². The van der Waals surface area contributed by atoms with Gasteiger partial charge in [-0.1, -0.05) is 33.6 Å². The normalized spacial score (nSPS) is 29.2. The van der Waals surface area contributed by atoms with Crippen LogP contribution in [0.1, 0.15) is 59.8 Å². The Morgan fingerprint density at radius 1 is 1.33 bits per heavy atom. The van der Waals surface area contributed by atoms with Gasteiger partial charge in [0.2, 0.25) is 5.91 Å². The van der Waals surface area contributed by atoms with E-state index in [0.717, 1.165) is 18.8 Å². The first kappa shape index (κ1) is 15.5. The standard InChI is InChI=1S/C15H30N2O/c1-5-7-11(3)17-15(18)10-16-14-9-8-13(6-2)12(14)4/h11-14,16H,5-10H2,1-4H3,(H,17,18). The molecule has 0 aromatic rings. The average Bonchev–Trinajstić information content (AvgIpc) is 2.67. The van der Waals surface area contributed by atoms with Crippen molar-refractivity contribution in [2.75, 3.05) is 6.54 Å². The highest BCUT2D eigenvalue weighted by Crippen LogP contribution is 2.33. The molecular formula is C15H30N2O. The summed E-state index contributed by atoms with van der Waals surface area (Å²) in [6, 6.07) is 0.830. The molecule has 3 heteroatoms. The Kier molecular flexibility index (Phi) is 6.69. The molecule has 106 valence electrons. The van der Waals surface area contributed by atoms with Crippen LogP contribution >= 0.6 is 0 Å². The molecule has 1 aliphatic carbocycles. The van der Waals surface area contributed by atoms with E-state index in [1.165, 1.54) is 19.3 Å². The molecule has 1 rings (SSSR count). The maximum Gasteiger partial charge on any atom is 0.234 e. The van der Waals surface area contributed by atoms with E-state index in [4.69, 9.17) is 0 Å². The smallest absolute Gasteiger partial charge is 0.234 e. The summed E-state index contributed by atoms with van der Waals surface area (Å²) >= 11 is 0.